The minimum Gasteiger partial charge on any atom is -0.494 e. The van der Waals surface area contributed by atoms with Crippen LogP contribution in [0, 0.1) is 0 Å². The van der Waals surface area contributed by atoms with Crippen LogP contribution in [0.1, 0.15) is 11.6 Å². The fourth-order valence-electron chi connectivity index (χ4n) is 1.92. The van der Waals surface area contributed by atoms with E-state index in [2.05, 4.69) is 4.98 Å². The number of ether oxygens (including phenoxy) is 1. The molecule has 3 aromatic heterocycles. The summed E-state index contributed by atoms with van der Waals surface area (Å²) in [6.45, 7) is 0. The molecule has 0 atom stereocenters. The van der Waals surface area contributed by atoms with Crippen LogP contribution >= 0.6 is 0 Å². The fraction of sp³-hybridized carbons (Fsp3) is 0.154. The molecule has 86 valence electrons. The summed E-state index contributed by atoms with van der Waals surface area (Å²) in [7, 11) is 1.66. The Morgan fingerprint density at radius 1 is 1.35 bits per heavy atom. The first-order valence-corrected chi connectivity index (χ1v) is 5.40. The lowest BCUT2D eigenvalue weighted by Gasteiger charge is -2.03. The average Bonchev–Trinajstić information content (AvgIpc) is 2.99. The molecule has 0 spiro atoms. The lowest BCUT2D eigenvalue weighted by atomic mass is 10.3. The monoisotopic (exact) mass is 228 g/mol. The highest BCUT2D eigenvalue weighted by Gasteiger charge is 2.08. The molecule has 0 bridgehead atoms. The van der Waals surface area contributed by atoms with Crippen LogP contribution in [-0.4, -0.2) is 16.5 Å². The Morgan fingerprint density at radius 3 is 3.06 bits per heavy atom. The molecule has 0 aliphatic heterocycles. The second-order valence-corrected chi connectivity index (χ2v) is 3.76. The summed E-state index contributed by atoms with van der Waals surface area (Å²) in [5.74, 6) is 2.67. The van der Waals surface area contributed by atoms with E-state index in [1.165, 1.54) is 0 Å². The van der Waals surface area contributed by atoms with Crippen molar-refractivity contribution in [2.24, 2.45) is 0 Å². The molecular weight excluding hydrogens is 216 g/mol. The molecule has 0 amide bonds. The van der Waals surface area contributed by atoms with Gasteiger partial charge in [-0.25, -0.2) is 4.98 Å². The summed E-state index contributed by atoms with van der Waals surface area (Å²) in [4.78, 5) is 4.40. The van der Waals surface area contributed by atoms with E-state index in [4.69, 9.17) is 9.15 Å². The molecule has 0 aliphatic carbocycles. The average molecular weight is 228 g/mol. The van der Waals surface area contributed by atoms with Gasteiger partial charge in [-0.1, -0.05) is 0 Å². The first-order chi connectivity index (χ1) is 8.38. The minimum absolute atomic E-state index is 0.675. The van der Waals surface area contributed by atoms with E-state index in [0.29, 0.717) is 6.42 Å². The maximum absolute atomic E-state index is 5.33. The molecule has 0 aliphatic rings. The molecule has 0 unspecified atom stereocenters. The lowest BCUT2D eigenvalue weighted by Crippen LogP contribution is -1.96. The first-order valence-electron chi connectivity index (χ1n) is 5.40. The number of aromatic nitrogens is 2. The Kier molecular flexibility index (Phi) is 2.33. The third-order valence-corrected chi connectivity index (χ3v) is 2.74. The molecule has 0 N–H and O–H groups in total. The topological polar surface area (TPSA) is 39.7 Å². The molecule has 3 aromatic rings. The summed E-state index contributed by atoms with van der Waals surface area (Å²) in [6.07, 6.45) is 6.14. The first kappa shape index (κ1) is 9.96. The molecule has 0 saturated carbocycles. The van der Waals surface area contributed by atoms with Gasteiger partial charge in [-0.2, -0.15) is 0 Å². The lowest BCUT2D eigenvalue weighted by molar-refractivity contribution is 0.418. The predicted molar refractivity (Wildman–Crippen MR) is 63.3 cm³/mol. The van der Waals surface area contributed by atoms with Crippen molar-refractivity contribution < 1.29 is 9.15 Å². The van der Waals surface area contributed by atoms with Crippen LogP contribution in [0.25, 0.3) is 5.52 Å². The van der Waals surface area contributed by atoms with Gasteiger partial charge in [0.15, 0.2) is 0 Å². The Hall–Kier alpha value is -2.23. The van der Waals surface area contributed by atoms with Crippen molar-refractivity contribution >= 4 is 5.52 Å². The maximum Gasteiger partial charge on any atom is 0.144 e. The molecule has 0 fully saturated rings. The largest absolute Gasteiger partial charge is 0.494 e. The van der Waals surface area contributed by atoms with Gasteiger partial charge in [0.25, 0.3) is 0 Å². The van der Waals surface area contributed by atoms with Gasteiger partial charge in [-0.05, 0) is 24.3 Å². The molecule has 0 aromatic carbocycles. The molecular formula is C13H12N2O2. The second kappa shape index (κ2) is 3.97. The van der Waals surface area contributed by atoms with Crippen molar-refractivity contribution in [3.8, 4) is 5.75 Å². The molecule has 4 nitrogen and oxygen atoms in total. The highest BCUT2D eigenvalue weighted by molar-refractivity contribution is 5.59. The third-order valence-electron chi connectivity index (χ3n) is 2.74. The quantitative estimate of drug-likeness (QED) is 0.691. The zero-order valence-corrected chi connectivity index (χ0v) is 9.46. The standard InChI is InChI=1S/C13H12N2O2/c1-16-12-5-2-6-15-11(12)9-14-13(15)8-10-4-3-7-17-10/h2-7,9H,8H2,1H3. The van der Waals surface area contributed by atoms with Crippen LogP contribution in [0.15, 0.2) is 47.3 Å². The van der Waals surface area contributed by atoms with Crippen LogP contribution in [0.2, 0.25) is 0 Å². The normalized spacial score (nSPS) is 10.9. The van der Waals surface area contributed by atoms with Crippen LogP contribution in [-0.2, 0) is 6.42 Å². The molecule has 3 rings (SSSR count). The van der Waals surface area contributed by atoms with Gasteiger partial charge < -0.3 is 13.6 Å². The van der Waals surface area contributed by atoms with Crippen molar-refractivity contribution in [1.82, 2.24) is 9.38 Å². The minimum atomic E-state index is 0.675. The van der Waals surface area contributed by atoms with Crippen molar-refractivity contribution in [3.05, 3.63) is 54.5 Å². The molecule has 4 heteroatoms. The van der Waals surface area contributed by atoms with Gasteiger partial charge in [0.1, 0.15) is 22.9 Å². The summed E-state index contributed by atoms with van der Waals surface area (Å²) < 4.78 is 12.6. The number of furan rings is 1. The van der Waals surface area contributed by atoms with Gasteiger partial charge in [-0.15, -0.1) is 0 Å². The summed E-state index contributed by atoms with van der Waals surface area (Å²) in [6, 6.07) is 7.69. The van der Waals surface area contributed by atoms with Gasteiger partial charge in [0.2, 0.25) is 0 Å². The van der Waals surface area contributed by atoms with Gasteiger partial charge >= 0.3 is 0 Å². The van der Waals surface area contributed by atoms with E-state index in [1.54, 1.807) is 13.4 Å². The number of fused-ring (bicyclic) bond motifs is 1. The molecule has 3 heterocycles. The maximum atomic E-state index is 5.33. The Morgan fingerprint density at radius 2 is 2.29 bits per heavy atom. The van der Waals surface area contributed by atoms with Crippen molar-refractivity contribution in [2.75, 3.05) is 7.11 Å². The zero-order valence-electron chi connectivity index (χ0n) is 9.46. The number of nitrogens with zero attached hydrogens (tertiary/aromatic N) is 2. The number of hydrogen-bond acceptors (Lipinski definition) is 3. The highest BCUT2D eigenvalue weighted by Crippen LogP contribution is 2.21. The third kappa shape index (κ3) is 1.67. The number of rotatable bonds is 3. The number of pyridine rings is 1. The van der Waals surface area contributed by atoms with E-state index in [0.717, 1.165) is 22.9 Å². The molecule has 0 saturated heterocycles. The van der Waals surface area contributed by atoms with Crippen LogP contribution < -0.4 is 4.74 Å². The number of methoxy groups -OCH3 is 1. The Labute approximate surface area is 98.5 Å². The Balaban J connectivity index is 2.06. The van der Waals surface area contributed by atoms with Crippen molar-refractivity contribution in [3.63, 3.8) is 0 Å². The van der Waals surface area contributed by atoms with Crippen LogP contribution in [0.3, 0.4) is 0 Å². The van der Waals surface area contributed by atoms with E-state index in [-0.39, 0.29) is 0 Å². The summed E-state index contributed by atoms with van der Waals surface area (Å²) >= 11 is 0. The Bertz CT molecular complexity index is 626. The van der Waals surface area contributed by atoms with Gasteiger partial charge in [0, 0.05) is 6.20 Å². The van der Waals surface area contributed by atoms with Crippen LogP contribution in [0.5, 0.6) is 5.75 Å². The molecule has 0 radical (unpaired) electrons. The highest BCUT2D eigenvalue weighted by atomic mass is 16.5. The van der Waals surface area contributed by atoms with Gasteiger partial charge in [0.05, 0.1) is 26.0 Å². The zero-order chi connectivity index (χ0) is 11.7. The smallest absolute Gasteiger partial charge is 0.144 e. The second-order valence-electron chi connectivity index (χ2n) is 3.76. The SMILES string of the molecule is COc1cccn2c(Cc3ccco3)ncc12. The van der Waals surface area contributed by atoms with Crippen molar-refractivity contribution in [2.45, 2.75) is 6.42 Å². The summed E-state index contributed by atoms with van der Waals surface area (Å²) in [5.41, 5.74) is 0.969. The number of hydrogen-bond donors (Lipinski definition) is 0. The molecule has 17 heavy (non-hydrogen) atoms. The van der Waals surface area contributed by atoms with E-state index in [1.807, 2.05) is 41.1 Å². The van der Waals surface area contributed by atoms with E-state index >= 15 is 0 Å². The van der Waals surface area contributed by atoms with E-state index in [9.17, 15) is 0 Å². The predicted octanol–water partition coefficient (Wildman–Crippen LogP) is 2.53. The van der Waals surface area contributed by atoms with Crippen LogP contribution in [0.4, 0.5) is 0 Å². The van der Waals surface area contributed by atoms with Gasteiger partial charge in [-0.3, -0.25) is 0 Å². The summed E-state index contributed by atoms with van der Waals surface area (Å²) in [5, 5.41) is 0. The fourth-order valence-corrected chi connectivity index (χ4v) is 1.92. The van der Waals surface area contributed by atoms with Crippen molar-refractivity contribution in [1.29, 1.82) is 0 Å². The van der Waals surface area contributed by atoms with E-state index < -0.39 is 0 Å². The number of imidazole rings is 1.